The maximum atomic E-state index is 13.5. The zero-order valence-corrected chi connectivity index (χ0v) is 23.0. The van der Waals surface area contributed by atoms with Gasteiger partial charge >= 0.3 is 17.5 Å². The summed E-state index contributed by atoms with van der Waals surface area (Å²) in [5, 5.41) is 4.54. The quantitative estimate of drug-likeness (QED) is 0.273. The lowest BCUT2D eigenvalue weighted by molar-refractivity contribution is -0.117. The summed E-state index contributed by atoms with van der Waals surface area (Å²) in [4.78, 5) is 2.46. The number of piperidine rings is 1. The molecule has 1 aliphatic heterocycles. The lowest BCUT2D eigenvalue weighted by Crippen LogP contribution is -2.39. The van der Waals surface area contributed by atoms with Crippen LogP contribution >= 0.6 is 23.2 Å². The number of hydrogen-bond donors (Lipinski definition) is 1. The largest absolute Gasteiger partial charge is 0.410 e. The maximum absolute atomic E-state index is 13.5. The lowest BCUT2D eigenvalue weighted by atomic mass is 9.91. The predicted octanol–water partition coefficient (Wildman–Crippen LogP) is 6.83. The summed E-state index contributed by atoms with van der Waals surface area (Å²) in [6.07, 6.45) is 2.00. The van der Waals surface area contributed by atoms with Crippen LogP contribution in [0.5, 0.6) is 0 Å². The van der Waals surface area contributed by atoms with Crippen molar-refractivity contribution in [2.45, 2.75) is 63.4 Å². The van der Waals surface area contributed by atoms with E-state index in [1.807, 2.05) is 0 Å². The molecule has 1 aromatic carbocycles. The molecule has 2 aromatic rings. The molecule has 1 atom stereocenters. The van der Waals surface area contributed by atoms with E-state index in [0.717, 1.165) is 48.1 Å². The third kappa shape index (κ3) is 7.44. The van der Waals surface area contributed by atoms with Gasteiger partial charge in [0.15, 0.2) is 6.54 Å². The van der Waals surface area contributed by atoms with Crippen LogP contribution in [0.4, 0.5) is 18.9 Å². The molecule has 0 radical (unpaired) electrons. The van der Waals surface area contributed by atoms with Gasteiger partial charge in [-0.2, -0.15) is 22.8 Å². The molecule has 1 aliphatic rings. The first-order valence-electron chi connectivity index (χ1n) is 11.8. The number of halogens is 5. The first-order chi connectivity index (χ1) is 16.4. The van der Waals surface area contributed by atoms with Crippen molar-refractivity contribution in [2.24, 2.45) is 13.0 Å². The molecule has 196 valence electrons. The Balaban J connectivity index is 1.73. The van der Waals surface area contributed by atoms with Gasteiger partial charge in [-0.1, -0.05) is 36.0 Å². The van der Waals surface area contributed by atoms with E-state index >= 15 is 0 Å². The van der Waals surface area contributed by atoms with Gasteiger partial charge in [0.25, 0.3) is 4.90 Å². The van der Waals surface area contributed by atoms with Gasteiger partial charge in [0.05, 0.1) is 11.4 Å². The highest BCUT2D eigenvalue weighted by Gasteiger charge is 2.45. The van der Waals surface area contributed by atoms with Gasteiger partial charge in [-0.3, -0.25) is 4.68 Å². The Labute approximate surface area is 218 Å². The molecule has 0 bridgehead atoms. The second-order valence-corrected chi connectivity index (χ2v) is 11.6. The highest BCUT2D eigenvalue weighted by Crippen LogP contribution is 2.38. The van der Waals surface area contributed by atoms with E-state index in [4.69, 9.17) is 23.2 Å². The van der Waals surface area contributed by atoms with Crippen LogP contribution in [0.25, 0.3) is 0 Å². The summed E-state index contributed by atoms with van der Waals surface area (Å²) in [7, 11) is 3.81. The third-order valence-electron chi connectivity index (χ3n) is 6.66. The number of benzene rings is 1. The fourth-order valence-electron chi connectivity index (χ4n) is 4.67. The van der Waals surface area contributed by atoms with E-state index in [0.29, 0.717) is 11.4 Å². The number of aryl methyl sites for hydroxylation is 3. The second kappa shape index (κ2) is 11.9. The van der Waals surface area contributed by atoms with Crippen LogP contribution in [0.15, 0.2) is 17.0 Å². The standard InChI is InChI=1S/C24H34Cl2F3N4OS/c1-16-22(17(2)32(4)30-16)33(15-24(27,28)29)35(34)23-20(25)13-19(14-21(23)26)8-6-5-7-18-9-11-31(3)12-10-18/h13-14,18,34H,5-12,15H2,1-4H3/q+1. The van der Waals surface area contributed by atoms with Crippen molar-refractivity contribution in [3.63, 3.8) is 0 Å². The maximum Gasteiger partial charge on any atom is 0.410 e. The van der Waals surface area contributed by atoms with E-state index in [9.17, 15) is 17.7 Å². The van der Waals surface area contributed by atoms with Crippen LogP contribution in [0, 0.1) is 19.8 Å². The van der Waals surface area contributed by atoms with Crippen LogP contribution in [0.1, 0.15) is 49.1 Å². The van der Waals surface area contributed by atoms with Gasteiger partial charge in [-0.15, -0.1) is 4.31 Å². The van der Waals surface area contributed by atoms with Crippen molar-refractivity contribution in [1.82, 2.24) is 14.7 Å². The van der Waals surface area contributed by atoms with Crippen molar-refractivity contribution in [1.29, 1.82) is 0 Å². The summed E-state index contributed by atoms with van der Waals surface area (Å²) in [5.74, 6) is 0.774. The molecular formula is C24H34Cl2F3N4OS+. The van der Waals surface area contributed by atoms with Gasteiger partial charge in [-0.05, 0) is 83.3 Å². The Morgan fingerprint density at radius 3 is 2.23 bits per heavy atom. The molecular weight excluding hydrogens is 520 g/mol. The SMILES string of the molecule is Cc1nn(C)c(C)c1N(CC(F)(F)F)[S+](O)c1c(Cl)cc(CCCCC2CCN(C)CC2)cc1Cl. The van der Waals surface area contributed by atoms with Gasteiger partial charge in [-0.25, -0.2) is 0 Å². The lowest BCUT2D eigenvalue weighted by Gasteiger charge is -2.28. The molecule has 1 unspecified atom stereocenters. The van der Waals surface area contributed by atoms with E-state index < -0.39 is 24.1 Å². The first-order valence-corrected chi connectivity index (χ1v) is 13.7. The Hall–Kier alpha value is -1.13. The van der Waals surface area contributed by atoms with Gasteiger partial charge in [0, 0.05) is 7.05 Å². The van der Waals surface area contributed by atoms with Crippen LogP contribution in [-0.2, 0) is 24.8 Å². The van der Waals surface area contributed by atoms with Crippen molar-refractivity contribution < 1.29 is 17.7 Å². The molecule has 0 amide bonds. The predicted molar refractivity (Wildman–Crippen MR) is 139 cm³/mol. The molecule has 2 heterocycles. The average Bonchev–Trinajstić information content (AvgIpc) is 3.01. The summed E-state index contributed by atoms with van der Waals surface area (Å²) in [5.41, 5.74) is 2.03. The molecule has 1 fully saturated rings. The molecule has 1 N–H and O–H groups in total. The summed E-state index contributed by atoms with van der Waals surface area (Å²) >= 11 is 11.0. The zero-order chi connectivity index (χ0) is 25.9. The number of hydrogen-bond acceptors (Lipinski definition) is 4. The van der Waals surface area contributed by atoms with Crippen molar-refractivity contribution in [3.8, 4) is 0 Å². The number of alkyl halides is 3. The zero-order valence-electron chi connectivity index (χ0n) is 20.6. The molecule has 11 heteroatoms. The van der Waals surface area contributed by atoms with Crippen molar-refractivity contribution >= 4 is 40.3 Å². The highest BCUT2D eigenvalue weighted by molar-refractivity contribution is 7.93. The first kappa shape index (κ1) is 28.4. The van der Waals surface area contributed by atoms with Gasteiger partial charge in [0.2, 0.25) is 0 Å². The Morgan fingerprint density at radius 1 is 1.11 bits per heavy atom. The molecule has 0 aliphatic carbocycles. The Morgan fingerprint density at radius 2 is 1.71 bits per heavy atom. The van der Waals surface area contributed by atoms with Crippen molar-refractivity contribution in [3.05, 3.63) is 39.1 Å². The number of anilines is 1. The molecule has 0 saturated carbocycles. The smallest absolute Gasteiger partial charge is 0.306 e. The van der Waals surface area contributed by atoms with E-state index in [-0.39, 0.29) is 20.6 Å². The Kier molecular flexibility index (Phi) is 9.71. The van der Waals surface area contributed by atoms with E-state index in [1.165, 1.54) is 23.9 Å². The van der Waals surface area contributed by atoms with Crippen LogP contribution in [0.2, 0.25) is 10.0 Å². The minimum atomic E-state index is -4.55. The molecule has 5 nitrogen and oxygen atoms in total. The second-order valence-electron chi connectivity index (χ2n) is 9.44. The number of nitrogens with zero attached hydrogens (tertiary/aromatic N) is 4. The number of aromatic nitrogens is 2. The normalized spacial score (nSPS) is 16.6. The summed E-state index contributed by atoms with van der Waals surface area (Å²) in [6, 6.07) is 3.42. The summed E-state index contributed by atoms with van der Waals surface area (Å²) < 4.78 is 54.0. The van der Waals surface area contributed by atoms with Gasteiger partial charge in [0.1, 0.15) is 15.7 Å². The monoisotopic (exact) mass is 553 g/mol. The minimum absolute atomic E-state index is 0.0929. The fourth-order valence-corrected chi connectivity index (χ4v) is 7.01. The number of likely N-dealkylation sites (tertiary alicyclic amines) is 1. The number of unbranched alkanes of at least 4 members (excludes halogenated alkanes) is 1. The molecule has 1 saturated heterocycles. The molecule has 3 rings (SSSR count). The average molecular weight is 555 g/mol. The molecule has 35 heavy (non-hydrogen) atoms. The third-order valence-corrected chi connectivity index (χ3v) is 9.01. The van der Waals surface area contributed by atoms with E-state index in [2.05, 4.69) is 17.0 Å². The topological polar surface area (TPSA) is 44.5 Å². The number of rotatable bonds is 9. The minimum Gasteiger partial charge on any atom is -0.306 e. The Bertz CT molecular complexity index is 986. The molecule has 1 aromatic heterocycles. The van der Waals surface area contributed by atoms with Crippen LogP contribution < -0.4 is 4.31 Å². The van der Waals surface area contributed by atoms with Crippen LogP contribution in [0.3, 0.4) is 0 Å². The highest BCUT2D eigenvalue weighted by atomic mass is 35.5. The van der Waals surface area contributed by atoms with Crippen molar-refractivity contribution in [2.75, 3.05) is 31.0 Å². The molecule has 0 spiro atoms. The summed E-state index contributed by atoms with van der Waals surface area (Å²) in [6.45, 7) is 4.23. The fraction of sp³-hybridized carbons (Fsp3) is 0.625. The van der Waals surface area contributed by atoms with E-state index in [1.54, 1.807) is 33.0 Å². The van der Waals surface area contributed by atoms with Gasteiger partial charge < -0.3 is 4.90 Å². The van der Waals surface area contributed by atoms with Crippen LogP contribution in [-0.4, -0.2) is 52.1 Å².